The third-order valence-electron chi connectivity index (χ3n) is 6.78. The van der Waals surface area contributed by atoms with Crippen molar-refractivity contribution in [3.8, 4) is 0 Å². The monoisotopic (exact) mass is 420 g/mol. The van der Waals surface area contributed by atoms with Crippen LogP contribution in [0, 0.1) is 5.92 Å². The van der Waals surface area contributed by atoms with E-state index in [2.05, 4.69) is 26.9 Å². The van der Waals surface area contributed by atoms with Crippen LogP contribution in [0.3, 0.4) is 0 Å². The molecule has 9 nitrogen and oxygen atoms in total. The van der Waals surface area contributed by atoms with Gasteiger partial charge in [0.1, 0.15) is 5.65 Å². The minimum atomic E-state index is -0.0657. The number of likely N-dealkylation sites (tertiary alicyclic amines) is 1. The number of H-pyrrole nitrogens is 1. The number of nitrogens with one attached hydrogen (secondary N) is 3. The van der Waals surface area contributed by atoms with E-state index in [1.165, 1.54) is 18.5 Å². The van der Waals surface area contributed by atoms with Crippen LogP contribution in [0.15, 0.2) is 24.4 Å². The van der Waals surface area contributed by atoms with Crippen LogP contribution in [0.5, 0.6) is 0 Å². The number of rotatable bonds is 5. The molecule has 1 aliphatic carbocycles. The molecule has 0 aromatic carbocycles. The summed E-state index contributed by atoms with van der Waals surface area (Å²) < 4.78 is 1.93. The quantitative estimate of drug-likeness (QED) is 0.586. The molecular formula is C22H28N8O. The van der Waals surface area contributed by atoms with Crippen molar-refractivity contribution in [3.05, 3.63) is 35.9 Å². The van der Waals surface area contributed by atoms with Gasteiger partial charge in [-0.15, -0.1) is 0 Å². The van der Waals surface area contributed by atoms with Crippen molar-refractivity contribution in [1.82, 2.24) is 34.8 Å². The van der Waals surface area contributed by atoms with Crippen molar-refractivity contribution >= 4 is 23.3 Å². The molecule has 0 unspecified atom stereocenters. The predicted octanol–water partition coefficient (Wildman–Crippen LogP) is 2.74. The number of aromatic amines is 1. The van der Waals surface area contributed by atoms with Crippen LogP contribution in [0.25, 0.3) is 5.65 Å². The van der Waals surface area contributed by atoms with Crippen molar-refractivity contribution in [2.75, 3.05) is 25.0 Å². The Morgan fingerprint density at radius 3 is 2.84 bits per heavy atom. The Bertz CT molecular complexity index is 1090. The topological polar surface area (TPSA) is 103 Å². The lowest BCUT2D eigenvalue weighted by atomic mass is 9.96. The minimum absolute atomic E-state index is 0.0657. The summed E-state index contributed by atoms with van der Waals surface area (Å²) in [6, 6.07) is 5.94. The maximum Gasteiger partial charge on any atom is 0.226 e. The molecule has 3 N–H and O–H groups in total. The number of carbonyl (C=O) groups excluding carboxylic acids is 1. The Morgan fingerprint density at radius 1 is 1.13 bits per heavy atom. The molecule has 1 atom stereocenters. The number of piperidine rings is 1. The van der Waals surface area contributed by atoms with E-state index in [1.54, 1.807) is 0 Å². The number of nitrogens with zero attached hydrogens (tertiary/aromatic N) is 5. The van der Waals surface area contributed by atoms with E-state index in [0.29, 0.717) is 17.7 Å². The molecule has 6 rings (SSSR count). The standard InChI is InChI=1S/C22H28N8O/c31-21(15-7-9-23-10-8-15)29-11-1-3-17(29)20-25-19-4-2-12-30(19)22(26-20)24-18-13-16(27-28-18)14-5-6-14/h2,4,12-15,17,23H,1,3,5-11H2,(H2,24,25,26,27,28)/t17-/m0/s1. The zero-order valence-electron chi connectivity index (χ0n) is 17.5. The molecule has 3 aromatic heterocycles. The predicted molar refractivity (Wildman–Crippen MR) is 116 cm³/mol. The Kier molecular flexibility index (Phi) is 4.63. The fourth-order valence-electron chi connectivity index (χ4n) is 4.90. The van der Waals surface area contributed by atoms with E-state index < -0.39 is 0 Å². The van der Waals surface area contributed by atoms with Gasteiger partial charge in [0.05, 0.1) is 6.04 Å². The van der Waals surface area contributed by atoms with Crippen LogP contribution in [-0.2, 0) is 4.79 Å². The SMILES string of the molecule is O=C(C1CCNCC1)N1CCC[C@H]1c1nc(Nc2cc(C3CC3)[nH]n2)n2cccc2n1. The number of fused-ring (bicyclic) bond motifs is 1. The van der Waals surface area contributed by atoms with Gasteiger partial charge in [-0.1, -0.05) is 0 Å². The van der Waals surface area contributed by atoms with Gasteiger partial charge in [-0.05, 0) is 63.7 Å². The summed E-state index contributed by atoms with van der Waals surface area (Å²) in [6.07, 6.45) is 8.12. The molecule has 3 fully saturated rings. The van der Waals surface area contributed by atoms with E-state index in [0.717, 1.165) is 56.8 Å². The molecule has 2 saturated heterocycles. The Balaban J connectivity index is 1.30. The first-order chi connectivity index (χ1) is 15.3. The first-order valence-electron chi connectivity index (χ1n) is 11.4. The van der Waals surface area contributed by atoms with Crippen molar-refractivity contribution in [1.29, 1.82) is 0 Å². The number of amides is 1. The minimum Gasteiger partial charge on any atom is -0.332 e. The number of hydrogen-bond donors (Lipinski definition) is 3. The van der Waals surface area contributed by atoms with E-state index in [1.807, 2.05) is 27.6 Å². The highest BCUT2D eigenvalue weighted by atomic mass is 16.2. The average molecular weight is 421 g/mol. The van der Waals surface area contributed by atoms with Gasteiger partial charge in [-0.25, -0.2) is 4.98 Å². The zero-order valence-corrected chi connectivity index (χ0v) is 17.5. The summed E-state index contributed by atoms with van der Waals surface area (Å²) in [6.45, 7) is 2.63. The van der Waals surface area contributed by atoms with Crippen LogP contribution in [0.1, 0.15) is 62.0 Å². The summed E-state index contributed by atoms with van der Waals surface area (Å²) in [5.74, 6) is 3.14. The summed E-state index contributed by atoms with van der Waals surface area (Å²) in [5.41, 5.74) is 2.00. The highest BCUT2D eigenvalue weighted by Gasteiger charge is 2.36. The third kappa shape index (κ3) is 3.56. The van der Waals surface area contributed by atoms with Gasteiger partial charge in [0, 0.05) is 36.3 Å². The molecule has 0 spiro atoms. The average Bonchev–Trinajstić information content (AvgIpc) is 3.20. The largest absolute Gasteiger partial charge is 0.332 e. The van der Waals surface area contributed by atoms with E-state index in [-0.39, 0.29) is 17.9 Å². The van der Waals surface area contributed by atoms with Crippen molar-refractivity contribution in [2.24, 2.45) is 5.92 Å². The summed E-state index contributed by atoms with van der Waals surface area (Å²) >= 11 is 0. The smallest absolute Gasteiger partial charge is 0.226 e. The van der Waals surface area contributed by atoms with Gasteiger partial charge in [0.2, 0.25) is 11.9 Å². The number of anilines is 2. The van der Waals surface area contributed by atoms with E-state index in [4.69, 9.17) is 9.97 Å². The molecule has 3 aliphatic rings. The van der Waals surface area contributed by atoms with Crippen LogP contribution in [0.2, 0.25) is 0 Å². The Labute approximate surface area is 180 Å². The van der Waals surface area contributed by atoms with E-state index >= 15 is 0 Å². The van der Waals surface area contributed by atoms with Crippen molar-refractivity contribution in [2.45, 2.75) is 50.5 Å². The first-order valence-corrected chi connectivity index (χ1v) is 11.4. The molecule has 2 aliphatic heterocycles. The lowest BCUT2D eigenvalue weighted by Crippen LogP contribution is -2.41. The van der Waals surface area contributed by atoms with Gasteiger partial charge in [0.15, 0.2) is 11.6 Å². The van der Waals surface area contributed by atoms with Gasteiger partial charge >= 0.3 is 0 Å². The highest BCUT2D eigenvalue weighted by Crippen LogP contribution is 2.40. The molecular weight excluding hydrogens is 392 g/mol. The van der Waals surface area contributed by atoms with Crippen LogP contribution < -0.4 is 10.6 Å². The maximum absolute atomic E-state index is 13.3. The second kappa shape index (κ2) is 7.64. The van der Waals surface area contributed by atoms with Gasteiger partial charge in [-0.3, -0.25) is 14.3 Å². The van der Waals surface area contributed by atoms with Gasteiger partial charge in [0.25, 0.3) is 0 Å². The summed E-state index contributed by atoms with van der Waals surface area (Å²) in [4.78, 5) is 25.0. The molecule has 5 heterocycles. The third-order valence-corrected chi connectivity index (χ3v) is 6.78. The molecule has 3 aromatic rings. The van der Waals surface area contributed by atoms with Crippen LogP contribution in [0.4, 0.5) is 11.8 Å². The van der Waals surface area contributed by atoms with Gasteiger partial charge < -0.3 is 15.5 Å². The normalized spacial score (nSPS) is 22.3. The fourth-order valence-corrected chi connectivity index (χ4v) is 4.90. The second-order valence-corrected chi connectivity index (χ2v) is 8.96. The first kappa shape index (κ1) is 18.8. The second-order valence-electron chi connectivity index (χ2n) is 8.96. The number of aromatic nitrogens is 5. The zero-order chi connectivity index (χ0) is 20.8. The lowest BCUT2D eigenvalue weighted by molar-refractivity contribution is -0.137. The summed E-state index contributed by atoms with van der Waals surface area (Å²) in [7, 11) is 0. The molecule has 9 heteroatoms. The van der Waals surface area contributed by atoms with Crippen molar-refractivity contribution in [3.63, 3.8) is 0 Å². The molecule has 162 valence electrons. The van der Waals surface area contributed by atoms with Gasteiger partial charge in [-0.2, -0.15) is 10.1 Å². The maximum atomic E-state index is 13.3. The van der Waals surface area contributed by atoms with Crippen LogP contribution in [-0.4, -0.2) is 55.0 Å². The molecule has 0 radical (unpaired) electrons. The molecule has 1 amide bonds. The summed E-state index contributed by atoms with van der Waals surface area (Å²) in [5, 5.41) is 14.3. The molecule has 31 heavy (non-hydrogen) atoms. The Morgan fingerprint density at radius 2 is 2.00 bits per heavy atom. The molecule has 0 bridgehead atoms. The number of carbonyl (C=O) groups is 1. The van der Waals surface area contributed by atoms with E-state index in [9.17, 15) is 4.79 Å². The Hall–Kier alpha value is -2.94. The molecule has 1 saturated carbocycles. The lowest BCUT2D eigenvalue weighted by Gasteiger charge is -2.30. The number of hydrogen-bond acceptors (Lipinski definition) is 6. The van der Waals surface area contributed by atoms with Crippen LogP contribution >= 0.6 is 0 Å². The fraction of sp³-hybridized carbons (Fsp3) is 0.545. The highest BCUT2D eigenvalue weighted by molar-refractivity contribution is 5.79. The van der Waals surface area contributed by atoms with Crippen molar-refractivity contribution < 1.29 is 4.79 Å².